The van der Waals surface area contributed by atoms with Crippen LogP contribution in [0.5, 0.6) is 0 Å². The van der Waals surface area contributed by atoms with Crippen LogP contribution >= 0.6 is 23.2 Å². The molecule has 0 aliphatic carbocycles. The number of halogens is 2. The fourth-order valence-electron chi connectivity index (χ4n) is 5.34. The van der Waals surface area contributed by atoms with Crippen LogP contribution in [0.2, 0.25) is 10.0 Å². The van der Waals surface area contributed by atoms with Crippen LogP contribution in [-0.2, 0) is 9.84 Å². The Bertz CT molecular complexity index is 1460. The molecule has 2 aliphatic rings. The molecule has 3 aromatic rings. The van der Waals surface area contributed by atoms with Crippen molar-refractivity contribution in [2.45, 2.75) is 25.8 Å². The van der Waals surface area contributed by atoms with Gasteiger partial charge in [0, 0.05) is 42.5 Å². The number of aromatic nitrogens is 4. The van der Waals surface area contributed by atoms with Crippen LogP contribution in [0.3, 0.4) is 0 Å². The lowest BCUT2D eigenvalue weighted by molar-refractivity contribution is 0.125. The molecule has 0 N–H and O–H groups in total. The van der Waals surface area contributed by atoms with Crippen LogP contribution in [0.4, 0.5) is 5.82 Å². The number of nitrogens with zero attached hydrogens (tertiary/aromatic N) is 7. The van der Waals surface area contributed by atoms with Crippen molar-refractivity contribution in [1.82, 2.24) is 24.6 Å². The molecule has 12 heteroatoms. The molecule has 2 aliphatic heterocycles. The Morgan fingerprint density at radius 3 is 2.70 bits per heavy atom. The summed E-state index contributed by atoms with van der Waals surface area (Å²) in [6.07, 6.45) is 5.27. The number of anilines is 1. The molecule has 0 radical (unpaired) electrons. The molecular formula is C25H29Cl2N7O2S. The standard InChI is InChI=1S/C25H29Cl2N7O2S/c1-16(20-6-5-19(26)10-21(20)27)34-25-24(22(11-28)31-34)29-12-23(30-25)33-14-18(15-33)17-4-3-7-32(13-17)8-9-37(2,35)36/h5-6,10,12,16-18H,3-4,7-9,13-15H2,1-2H3/t16?,17-/m0/s1. The SMILES string of the molecule is CC(c1ccc(Cl)cc1Cl)n1nc(C#N)c2ncc(N3CC([C@H]4CCCN(CCS(C)(=O)=O)C4)C3)nc21. The molecule has 0 spiro atoms. The van der Waals surface area contributed by atoms with Crippen molar-refractivity contribution in [3.05, 3.63) is 45.7 Å². The van der Waals surface area contributed by atoms with E-state index in [2.05, 4.69) is 26.0 Å². The van der Waals surface area contributed by atoms with E-state index < -0.39 is 9.84 Å². The fourth-order valence-corrected chi connectivity index (χ4v) is 6.50. The van der Waals surface area contributed by atoms with Crippen molar-refractivity contribution in [3.8, 4) is 6.07 Å². The number of hydrogen-bond donors (Lipinski definition) is 0. The summed E-state index contributed by atoms with van der Waals surface area (Å²) in [5, 5.41) is 15.2. The summed E-state index contributed by atoms with van der Waals surface area (Å²) >= 11 is 12.5. The van der Waals surface area contributed by atoms with Gasteiger partial charge in [-0.2, -0.15) is 10.4 Å². The van der Waals surface area contributed by atoms with Gasteiger partial charge >= 0.3 is 0 Å². The highest BCUT2D eigenvalue weighted by molar-refractivity contribution is 7.90. The van der Waals surface area contributed by atoms with Gasteiger partial charge in [-0.3, -0.25) is 0 Å². The summed E-state index contributed by atoms with van der Waals surface area (Å²) < 4.78 is 24.8. The third-order valence-corrected chi connectivity index (χ3v) is 8.98. The van der Waals surface area contributed by atoms with Crippen LogP contribution in [0.25, 0.3) is 11.2 Å². The van der Waals surface area contributed by atoms with Gasteiger partial charge in [-0.15, -0.1) is 0 Å². The van der Waals surface area contributed by atoms with Crippen LogP contribution in [0, 0.1) is 23.2 Å². The summed E-state index contributed by atoms with van der Waals surface area (Å²) in [5.74, 6) is 2.05. The van der Waals surface area contributed by atoms with Crippen molar-refractivity contribution in [2.75, 3.05) is 49.6 Å². The van der Waals surface area contributed by atoms with Crippen LogP contribution in [-0.4, -0.2) is 77.8 Å². The zero-order valence-corrected chi connectivity index (χ0v) is 23.1. The zero-order valence-electron chi connectivity index (χ0n) is 20.8. The van der Waals surface area contributed by atoms with E-state index in [4.69, 9.17) is 28.2 Å². The second kappa shape index (κ2) is 10.4. The van der Waals surface area contributed by atoms with E-state index in [-0.39, 0.29) is 17.5 Å². The highest BCUT2D eigenvalue weighted by Crippen LogP contribution is 2.35. The predicted octanol–water partition coefficient (Wildman–Crippen LogP) is 3.81. The Kier molecular flexibility index (Phi) is 7.33. The molecule has 1 aromatic carbocycles. The first-order valence-electron chi connectivity index (χ1n) is 12.4. The Balaban J connectivity index is 1.32. The van der Waals surface area contributed by atoms with Gasteiger partial charge in [0.1, 0.15) is 27.2 Å². The minimum Gasteiger partial charge on any atom is -0.355 e. The van der Waals surface area contributed by atoms with E-state index in [1.807, 2.05) is 13.0 Å². The summed E-state index contributed by atoms with van der Waals surface area (Å²) in [6, 6.07) is 7.18. The summed E-state index contributed by atoms with van der Waals surface area (Å²) in [4.78, 5) is 13.9. The molecule has 2 saturated heterocycles. The molecular weight excluding hydrogens is 533 g/mol. The Morgan fingerprint density at radius 2 is 2.00 bits per heavy atom. The van der Waals surface area contributed by atoms with Crippen LogP contribution in [0.1, 0.15) is 37.1 Å². The Hall–Kier alpha value is -2.45. The summed E-state index contributed by atoms with van der Waals surface area (Å²) in [5.41, 5.74) is 2.06. The first-order chi connectivity index (χ1) is 17.6. The number of piperidine rings is 1. The first kappa shape index (κ1) is 26.2. The second-order valence-corrected chi connectivity index (χ2v) is 13.2. The van der Waals surface area contributed by atoms with Gasteiger partial charge in [-0.25, -0.2) is 23.1 Å². The number of likely N-dealkylation sites (tertiary alicyclic amines) is 1. The predicted molar refractivity (Wildman–Crippen MR) is 145 cm³/mol. The Morgan fingerprint density at radius 1 is 1.22 bits per heavy atom. The summed E-state index contributed by atoms with van der Waals surface area (Å²) in [6.45, 7) is 6.22. The molecule has 0 bridgehead atoms. The number of hydrogen-bond acceptors (Lipinski definition) is 8. The quantitative estimate of drug-likeness (QED) is 0.428. The van der Waals surface area contributed by atoms with Crippen LogP contribution in [0.15, 0.2) is 24.4 Å². The smallest absolute Gasteiger partial charge is 0.190 e. The number of nitriles is 1. The van der Waals surface area contributed by atoms with Gasteiger partial charge in [-0.1, -0.05) is 29.3 Å². The van der Waals surface area contributed by atoms with Crippen molar-refractivity contribution < 1.29 is 8.42 Å². The zero-order chi connectivity index (χ0) is 26.3. The van der Waals surface area contributed by atoms with Gasteiger partial charge in [0.15, 0.2) is 11.3 Å². The van der Waals surface area contributed by atoms with Crippen LogP contribution < -0.4 is 4.90 Å². The largest absolute Gasteiger partial charge is 0.355 e. The van der Waals surface area contributed by atoms with Gasteiger partial charge in [-0.05, 0) is 55.8 Å². The minimum absolute atomic E-state index is 0.212. The minimum atomic E-state index is -2.95. The molecule has 9 nitrogen and oxygen atoms in total. The lowest BCUT2D eigenvalue weighted by Gasteiger charge is -2.47. The van der Waals surface area contributed by atoms with E-state index in [0.29, 0.717) is 39.6 Å². The molecule has 0 saturated carbocycles. The highest BCUT2D eigenvalue weighted by Gasteiger charge is 2.37. The maximum absolute atomic E-state index is 11.6. The fraction of sp³-hybridized carbons (Fsp3) is 0.520. The second-order valence-electron chi connectivity index (χ2n) is 10.1. The Labute approximate surface area is 226 Å². The molecule has 0 amide bonds. The van der Waals surface area contributed by atoms with Crippen molar-refractivity contribution in [1.29, 1.82) is 5.26 Å². The average molecular weight is 563 g/mol. The van der Waals surface area contributed by atoms with Crippen molar-refractivity contribution in [2.24, 2.45) is 11.8 Å². The van der Waals surface area contributed by atoms with Gasteiger partial charge < -0.3 is 9.80 Å². The maximum atomic E-state index is 11.6. The third kappa shape index (κ3) is 5.55. The monoisotopic (exact) mass is 561 g/mol. The molecule has 5 rings (SSSR count). The van der Waals surface area contributed by atoms with E-state index in [9.17, 15) is 13.7 Å². The van der Waals surface area contributed by atoms with Gasteiger partial charge in [0.05, 0.1) is 18.0 Å². The highest BCUT2D eigenvalue weighted by atomic mass is 35.5. The molecule has 196 valence electrons. The van der Waals surface area contributed by atoms with E-state index >= 15 is 0 Å². The van der Waals surface area contributed by atoms with Crippen molar-refractivity contribution in [3.63, 3.8) is 0 Å². The third-order valence-electron chi connectivity index (χ3n) is 7.50. The number of sulfone groups is 1. The van der Waals surface area contributed by atoms with E-state index in [1.165, 1.54) is 6.26 Å². The molecule has 2 fully saturated rings. The average Bonchev–Trinajstić information content (AvgIpc) is 3.19. The topological polar surface area (TPSA) is 108 Å². The lowest BCUT2D eigenvalue weighted by Crippen LogP contribution is -2.54. The van der Waals surface area contributed by atoms with Crippen molar-refractivity contribution >= 4 is 50.0 Å². The number of rotatable bonds is 7. The lowest BCUT2D eigenvalue weighted by atomic mass is 9.80. The molecule has 37 heavy (non-hydrogen) atoms. The number of benzene rings is 1. The first-order valence-corrected chi connectivity index (χ1v) is 15.2. The molecule has 1 unspecified atom stereocenters. The summed E-state index contributed by atoms with van der Waals surface area (Å²) in [7, 11) is -2.95. The van der Waals surface area contributed by atoms with E-state index in [1.54, 1.807) is 23.0 Å². The van der Waals surface area contributed by atoms with Gasteiger partial charge in [0.2, 0.25) is 0 Å². The molecule has 2 aromatic heterocycles. The number of fused-ring (bicyclic) bond motifs is 1. The van der Waals surface area contributed by atoms with E-state index in [0.717, 1.165) is 50.4 Å². The van der Waals surface area contributed by atoms with Gasteiger partial charge in [0.25, 0.3) is 0 Å². The molecule has 2 atom stereocenters. The maximum Gasteiger partial charge on any atom is 0.190 e. The normalized spacial score (nSPS) is 20.1. The molecule has 4 heterocycles.